The Bertz CT molecular complexity index is 474. The van der Waals surface area contributed by atoms with Crippen LogP contribution in [-0.2, 0) is 10.0 Å². The topological polar surface area (TPSA) is 55.4 Å². The van der Waals surface area contributed by atoms with Gasteiger partial charge in [-0.1, -0.05) is 18.5 Å². The number of sulfonamides is 1. The van der Waals surface area contributed by atoms with E-state index in [0.717, 1.165) is 6.42 Å². The molecule has 0 radical (unpaired) electrons. The van der Waals surface area contributed by atoms with Gasteiger partial charge in [0, 0.05) is 6.54 Å². The zero-order valence-corrected chi connectivity index (χ0v) is 11.4. The number of rotatable bonds is 6. The molecule has 0 atom stereocenters. The summed E-state index contributed by atoms with van der Waals surface area (Å²) in [4.78, 5) is 0.152. The third-order valence-corrected chi connectivity index (χ3v) is 3.81. The smallest absolute Gasteiger partial charge is 0.240 e. The minimum absolute atomic E-state index is 0.152. The van der Waals surface area contributed by atoms with Gasteiger partial charge in [-0.15, -0.1) is 0 Å². The molecular formula is C11H16ClNO3S. The van der Waals surface area contributed by atoms with Crippen LogP contribution in [0.15, 0.2) is 23.1 Å². The molecule has 0 aliphatic heterocycles. The predicted molar refractivity (Wildman–Crippen MR) is 68.1 cm³/mol. The fourth-order valence-electron chi connectivity index (χ4n) is 1.24. The second-order valence-electron chi connectivity index (χ2n) is 3.42. The van der Waals surface area contributed by atoms with Crippen molar-refractivity contribution in [2.45, 2.75) is 25.2 Å². The average molecular weight is 278 g/mol. The van der Waals surface area contributed by atoms with Crippen LogP contribution >= 0.6 is 11.6 Å². The van der Waals surface area contributed by atoms with Gasteiger partial charge >= 0.3 is 0 Å². The van der Waals surface area contributed by atoms with Gasteiger partial charge in [-0.2, -0.15) is 0 Å². The zero-order chi connectivity index (χ0) is 12.9. The van der Waals surface area contributed by atoms with Crippen LogP contribution in [0, 0.1) is 0 Å². The van der Waals surface area contributed by atoms with Crippen LogP contribution in [0.5, 0.6) is 5.75 Å². The molecule has 0 aromatic heterocycles. The summed E-state index contributed by atoms with van der Waals surface area (Å²) in [6.07, 6.45) is 0.740. The summed E-state index contributed by atoms with van der Waals surface area (Å²) in [5, 5.41) is 0.297. The molecular weight excluding hydrogens is 262 g/mol. The number of nitrogens with one attached hydrogen (secondary N) is 1. The first-order chi connectivity index (χ1) is 8.01. The summed E-state index contributed by atoms with van der Waals surface area (Å²) in [5.41, 5.74) is 0. The molecule has 4 nitrogen and oxygen atoms in total. The molecule has 0 unspecified atom stereocenters. The fraction of sp³-hybridized carbons (Fsp3) is 0.455. The summed E-state index contributed by atoms with van der Waals surface area (Å²) >= 11 is 5.93. The lowest BCUT2D eigenvalue weighted by molar-refractivity contribution is 0.340. The van der Waals surface area contributed by atoms with Crippen molar-refractivity contribution in [2.24, 2.45) is 0 Å². The van der Waals surface area contributed by atoms with E-state index in [1.54, 1.807) is 6.07 Å². The highest BCUT2D eigenvalue weighted by Gasteiger charge is 2.15. The number of hydrogen-bond donors (Lipinski definition) is 1. The van der Waals surface area contributed by atoms with Gasteiger partial charge in [-0.05, 0) is 31.5 Å². The van der Waals surface area contributed by atoms with Gasteiger partial charge < -0.3 is 4.74 Å². The second-order valence-corrected chi connectivity index (χ2v) is 5.60. The van der Waals surface area contributed by atoms with E-state index in [1.165, 1.54) is 12.1 Å². The highest BCUT2D eigenvalue weighted by atomic mass is 35.5. The summed E-state index contributed by atoms with van der Waals surface area (Å²) in [6.45, 7) is 4.63. The highest BCUT2D eigenvalue weighted by Crippen LogP contribution is 2.27. The van der Waals surface area contributed by atoms with Crippen molar-refractivity contribution < 1.29 is 13.2 Å². The maximum absolute atomic E-state index is 11.8. The van der Waals surface area contributed by atoms with Crippen LogP contribution < -0.4 is 9.46 Å². The number of benzene rings is 1. The minimum atomic E-state index is -3.47. The number of halogens is 1. The van der Waals surface area contributed by atoms with Crippen molar-refractivity contribution in [2.75, 3.05) is 13.2 Å². The standard InChI is InChI=1S/C11H16ClNO3S/c1-3-7-13-17(14,15)9-5-6-11(16-4-2)10(12)8-9/h5-6,8,13H,3-4,7H2,1-2H3. The average Bonchev–Trinajstić information content (AvgIpc) is 2.29. The maximum atomic E-state index is 11.8. The van der Waals surface area contributed by atoms with Gasteiger partial charge in [0.2, 0.25) is 10.0 Å². The lowest BCUT2D eigenvalue weighted by Gasteiger charge is -2.09. The Morgan fingerprint density at radius 1 is 1.35 bits per heavy atom. The van der Waals surface area contributed by atoms with Crippen LogP contribution in [-0.4, -0.2) is 21.6 Å². The summed E-state index contributed by atoms with van der Waals surface area (Å²) < 4.78 is 31.3. The molecule has 1 aromatic carbocycles. The van der Waals surface area contributed by atoms with E-state index in [1.807, 2.05) is 13.8 Å². The van der Waals surface area contributed by atoms with Crippen LogP contribution in [0.4, 0.5) is 0 Å². The Morgan fingerprint density at radius 3 is 2.59 bits per heavy atom. The lowest BCUT2D eigenvalue weighted by atomic mass is 10.3. The SMILES string of the molecule is CCCNS(=O)(=O)c1ccc(OCC)c(Cl)c1. The van der Waals surface area contributed by atoms with Gasteiger partial charge in [-0.3, -0.25) is 0 Å². The van der Waals surface area contributed by atoms with E-state index in [2.05, 4.69) is 4.72 Å². The molecule has 0 saturated carbocycles. The van der Waals surface area contributed by atoms with Crippen molar-refractivity contribution in [3.05, 3.63) is 23.2 Å². The maximum Gasteiger partial charge on any atom is 0.240 e. The first-order valence-corrected chi connectivity index (χ1v) is 7.29. The highest BCUT2D eigenvalue weighted by molar-refractivity contribution is 7.89. The molecule has 0 bridgehead atoms. The lowest BCUT2D eigenvalue weighted by Crippen LogP contribution is -2.24. The van der Waals surface area contributed by atoms with Crippen molar-refractivity contribution in [1.82, 2.24) is 4.72 Å². The quantitative estimate of drug-likeness (QED) is 0.869. The van der Waals surface area contributed by atoms with Gasteiger partial charge in [0.25, 0.3) is 0 Å². The van der Waals surface area contributed by atoms with Crippen molar-refractivity contribution in [3.63, 3.8) is 0 Å². The number of hydrogen-bond acceptors (Lipinski definition) is 3. The summed E-state index contributed by atoms with van der Waals surface area (Å²) in [7, 11) is -3.47. The molecule has 0 amide bonds. The van der Waals surface area contributed by atoms with E-state index < -0.39 is 10.0 Å². The molecule has 0 aliphatic rings. The van der Waals surface area contributed by atoms with Gasteiger partial charge in [0.15, 0.2) is 0 Å². The molecule has 0 aliphatic carbocycles. The molecule has 0 saturated heterocycles. The summed E-state index contributed by atoms with van der Waals surface area (Å²) in [6, 6.07) is 4.44. The third kappa shape index (κ3) is 3.87. The first kappa shape index (κ1) is 14.3. The Morgan fingerprint density at radius 2 is 2.06 bits per heavy atom. The van der Waals surface area contributed by atoms with E-state index in [0.29, 0.717) is 23.9 Å². The van der Waals surface area contributed by atoms with Crippen molar-refractivity contribution >= 4 is 21.6 Å². The van der Waals surface area contributed by atoms with Gasteiger partial charge in [-0.25, -0.2) is 13.1 Å². The van der Waals surface area contributed by atoms with Gasteiger partial charge in [0.05, 0.1) is 16.5 Å². The Labute approximate surface area is 107 Å². The fourth-order valence-corrected chi connectivity index (χ4v) is 2.70. The van der Waals surface area contributed by atoms with E-state index >= 15 is 0 Å². The monoisotopic (exact) mass is 277 g/mol. The largest absolute Gasteiger partial charge is 0.492 e. The Hall–Kier alpha value is -0.780. The Kier molecular flexibility index (Phi) is 5.24. The van der Waals surface area contributed by atoms with Gasteiger partial charge in [0.1, 0.15) is 5.75 Å². The zero-order valence-electron chi connectivity index (χ0n) is 9.86. The molecule has 96 valence electrons. The second kappa shape index (κ2) is 6.23. The normalized spacial score (nSPS) is 11.5. The molecule has 1 aromatic rings. The Balaban J connectivity index is 2.96. The van der Waals surface area contributed by atoms with Crippen LogP contribution in [0.3, 0.4) is 0 Å². The van der Waals surface area contributed by atoms with Crippen molar-refractivity contribution in [1.29, 1.82) is 0 Å². The van der Waals surface area contributed by atoms with Crippen molar-refractivity contribution in [3.8, 4) is 5.75 Å². The molecule has 0 spiro atoms. The molecule has 1 rings (SSSR count). The van der Waals surface area contributed by atoms with Crippen LogP contribution in [0.2, 0.25) is 5.02 Å². The van der Waals surface area contributed by atoms with E-state index in [9.17, 15) is 8.42 Å². The van der Waals surface area contributed by atoms with Crippen LogP contribution in [0.25, 0.3) is 0 Å². The third-order valence-electron chi connectivity index (χ3n) is 2.06. The van der Waals surface area contributed by atoms with E-state index in [4.69, 9.17) is 16.3 Å². The van der Waals surface area contributed by atoms with Crippen LogP contribution in [0.1, 0.15) is 20.3 Å². The molecule has 1 N–H and O–H groups in total. The molecule has 17 heavy (non-hydrogen) atoms. The minimum Gasteiger partial charge on any atom is -0.492 e. The summed E-state index contributed by atoms with van der Waals surface area (Å²) in [5.74, 6) is 0.489. The molecule has 0 fully saturated rings. The first-order valence-electron chi connectivity index (χ1n) is 5.43. The number of ether oxygens (including phenoxy) is 1. The molecule has 0 heterocycles. The molecule has 6 heteroatoms. The van der Waals surface area contributed by atoms with E-state index in [-0.39, 0.29) is 4.90 Å². The predicted octanol–water partition coefficient (Wildman–Crippen LogP) is 2.43.